The lowest BCUT2D eigenvalue weighted by Crippen LogP contribution is -2.30. The summed E-state index contributed by atoms with van der Waals surface area (Å²) in [4.78, 5) is 12.2. The van der Waals surface area contributed by atoms with Crippen molar-refractivity contribution >= 4 is 15.8 Å². The molecule has 5 heteroatoms. The molecule has 0 bridgehead atoms. The lowest BCUT2D eigenvalue weighted by Gasteiger charge is -2.36. The second-order valence-electron chi connectivity index (χ2n) is 8.01. The maximum Gasteiger partial charge on any atom is 0.338 e. The van der Waals surface area contributed by atoms with E-state index in [9.17, 15) is 13.2 Å². The van der Waals surface area contributed by atoms with Crippen LogP contribution in [0.25, 0.3) is 0 Å². The van der Waals surface area contributed by atoms with Gasteiger partial charge in [-0.05, 0) is 54.7 Å². The summed E-state index contributed by atoms with van der Waals surface area (Å²) in [6.07, 6.45) is 5.21. The molecule has 4 nitrogen and oxygen atoms in total. The predicted molar refractivity (Wildman–Crippen MR) is 95.6 cm³/mol. The summed E-state index contributed by atoms with van der Waals surface area (Å²) in [5.74, 6) is 0.349. The monoisotopic (exact) mass is 352 g/mol. The van der Waals surface area contributed by atoms with Gasteiger partial charge in [0.05, 0.1) is 11.3 Å². The number of hydrogen-bond donors (Lipinski definition) is 0. The third-order valence-corrected chi connectivity index (χ3v) is 5.65. The van der Waals surface area contributed by atoms with Crippen LogP contribution in [0.4, 0.5) is 0 Å². The first-order valence-corrected chi connectivity index (χ1v) is 10.6. The molecule has 0 spiro atoms. The van der Waals surface area contributed by atoms with E-state index in [0.29, 0.717) is 22.5 Å². The molecule has 0 unspecified atom stereocenters. The number of ether oxygens (including phenoxy) is 1. The standard InChI is InChI=1S/C19H28O4S/c1-19(2,3)16-9-11-17(12-10-16)23-18(20)15-7-5-14(6-8-15)13-24(4,21)22/h5-8,16-17H,9-13H2,1-4H3. The van der Waals surface area contributed by atoms with Crippen molar-refractivity contribution < 1.29 is 17.9 Å². The molecule has 1 aliphatic rings. The number of hydrogen-bond acceptors (Lipinski definition) is 4. The van der Waals surface area contributed by atoms with Crippen molar-refractivity contribution in [2.24, 2.45) is 11.3 Å². The Kier molecular flexibility index (Phi) is 5.74. The maximum atomic E-state index is 12.2. The molecule has 0 atom stereocenters. The Morgan fingerprint density at radius 1 is 1.08 bits per heavy atom. The largest absolute Gasteiger partial charge is 0.459 e. The highest BCUT2D eigenvalue weighted by molar-refractivity contribution is 7.89. The van der Waals surface area contributed by atoms with Crippen molar-refractivity contribution in [2.75, 3.05) is 6.26 Å². The molecule has 0 amide bonds. The summed E-state index contributed by atoms with van der Waals surface area (Å²) in [5, 5.41) is 0. The molecule has 1 fully saturated rings. The minimum absolute atomic E-state index is 0.00760. The van der Waals surface area contributed by atoms with E-state index in [1.54, 1.807) is 24.3 Å². The normalized spacial score (nSPS) is 22.2. The predicted octanol–water partition coefficient (Wildman–Crippen LogP) is 3.99. The Morgan fingerprint density at radius 2 is 1.62 bits per heavy atom. The number of carbonyl (C=O) groups is 1. The van der Waals surface area contributed by atoms with Crippen molar-refractivity contribution in [3.8, 4) is 0 Å². The molecule has 0 aromatic heterocycles. The van der Waals surface area contributed by atoms with Crippen LogP contribution >= 0.6 is 0 Å². The van der Waals surface area contributed by atoms with Gasteiger partial charge < -0.3 is 4.74 Å². The molecule has 1 aromatic rings. The van der Waals surface area contributed by atoms with E-state index in [1.807, 2.05) is 0 Å². The Bertz CT molecular complexity index is 660. The minimum Gasteiger partial charge on any atom is -0.459 e. The van der Waals surface area contributed by atoms with Gasteiger partial charge in [-0.25, -0.2) is 13.2 Å². The van der Waals surface area contributed by atoms with Crippen molar-refractivity contribution in [3.05, 3.63) is 35.4 Å². The second-order valence-corrected chi connectivity index (χ2v) is 10.2. The molecule has 1 saturated carbocycles. The molecule has 1 aliphatic carbocycles. The quantitative estimate of drug-likeness (QED) is 0.769. The fourth-order valence-electron chi connectivity index (χ4n) is 3.31. The average molecular weight is 352 g/mol. The molecule has 0 saturated heterocycles. The molecule has 2 rings (SSSR count). The van der Waals surface area contributed by atoms with E-state index in [4.69, 9.17) is 4.74 Å². The molecule has 0 radical (unpaired) electrons. The van der Waals surface area contributed by atoms with Gasteiger partial charge in [-0.3, -0.25) is 0 Å². The molecule has 1 aromatic carbocycles. The summed E-state index contributed by atoms with van der Waals surface area (Å²) < 4.78 is 28.2. The van der Waals surface area contributed by atoms with E-state index in [0.717, 1.165) is 25.7 Å². The molecule has 134 valence electrons. The van der Waals surface area contributed by atoms with Gasteiger partial charge in [-0.1, -0.05) is 32.9 Å². The van der Waals surface area contributed by atoms with E-state index >= 15 is 0 Å². The van der Waals surface area contributed by atoms with Crippen LogP contribution in [0.3, 0.4) is 0 Å². The van der Waals surface area contributed by atoms with Gasteiger partial charge in [0.25, 0.3) is 0 Å². The van der Waals surface area contributed by atoms with Gasteiger partial charge in [0, 0.05) is 6.26 Å². The van der Waals surface area contributed by atoms with E-state index in [-0.39, 0.29) is 17.8 Å². The minimum atomic E-state index is -3.07. The van der Waals surface area contributed by atoms with Crippen LogP contribution in [0.5, 0.6) is 0 Å². The smallest absolute Gasteiger partial charge is 0.338 e. The number of carbonyl (C=O) groups excluding carboxylic acids is 1. The van der Waals surface area contributed by atoms with Gasteiger partial charge >= 0.3 is 5.97 Å². The fraction of sp³-hybridized carbons (Fsp3) is 0.632. The third kappa shape index (κ3) is 5.62. The third-order valence-electron chi connectivity index (χ3n) is 4.79. The SMILES string of the molecule is CC(C)(C)C1CCC(OC(=O)c2ccc(CS(C)(=O)=O)cc2)CC1. The number of benzene rings is 1. The molecular weight excluding hydrogens is 324 g/mol. The second kappa shape index (κ2) is 7.26. The van der Waals surface area contributed by atoms with Gasteiger partial charge in [0.15, 0.2) is 9.84 Å². The van der Waals surface area contributed by atoms with Gasteiger partial charge in [-0.15, -0.1) is 0 Å². The van der Waals surface area contributed by atoms with Crippen molar-refractivity contribution in [3.63, 3.8) is 0 Å². The van der Waals surface area contributed by atoms with Crippen LogP contribution in [0.1, 0.15) is 62.4 Å². The maximum absolute atomic E-state index is 12.2. The number of sulfone groups is 1. The first-order valence-electron chi connectivity index (χ1n) is 8.52. The van der Waals surface area contributed by atoms with E-state index < -0.39 is 9.84 Å². The lowest BCUT2D eigenvalue weighted by atomic mass is 9.72. The topological polar surface area (TPSA) is 60.4 Å². The number of esters is 1. The van der Waals surface area contributed by atoms with Crippen LogP contribution in [0.2, 0.25) is 0 Å². The van der Waals surface area contributed by atoms with Crippen LogP contribution in [-0.4, -0.2) is 26.7 Å². The lowest BCUT2D eigenvalue weighted by molar-refractivity contribution is 0.00929. The van der Waals surface area contributed by atoms with Crippen LogP contribution in [-0.2, 0) is 20.3 Å². The van der Waals surface area contributed by atoms with Crippen molar-refractivity contribution in [1.82, 2.24) is 0 Å². The van der Waals surface area contributed by atoms with Crippen LogP contribution < -0.4 is 0 Å². The molecule has 0 N–H and O–H groups in total. The Balaban J connectivity index is 1.89. The zero-order valence-electron chi connectivity index (χ0n) is 15.0. The summed E-state index contributed by atoms with van der Waals surface area (Å²) in [5.41, 5.74) is 1.47. The van der Waals surface area contributed by atoms with Crippen LogP contribution in [0, 0.1) is 11.3 Å². The summed E-state index contributed by atoms with van der Waals surface area (Å²) in [6.45, 7) is 6.80. The Morgan fingerprint density at radius 3 is 2.08 bits per heavy atom. The molecule has 24 heavy (non-hydrogen) atoms. The first-order chi connectivity index (χ1) is 11.0. The average Bonchev–Trinajstić information content (AvgIpc) is 2.46. The fourth-order valence-corrected chi connectivity index (χ4v) is 4.10. The van der Waals surface area contributed by atoms with E-state index in [2.05, 4.69) is 20.8 Å². The van der Waals surface area contributed by atoms with Crippen molar-refractivity contribution in [2.45, 2.75) is 58.3 Å². The molecule has 0 aliphatic heterocycles. The first kappa shape index (κ1) is 19.0. The molecular formula is C19H28O4S. The van der Waals surface area contributed by atoms with E-state index in [1.165, 1.54) is 6.26 Å². The van der Waals surface area contributed by atoms with Crippen molar-refractivity contribution in [1.29, 1.82) is 0 Å². The Hall–Kier alpha value is -1.36. The highest BCUT2D eigenvalue weighted by Gasteiger charge is 2.31. The summed E-state index contributed by atoms with van der Waals surface area (Å²) in [7, 11) is -3.07. The summed E-state index contributed by atoms with van der Waals surface area (Å²) in [6, 6.07) is 6.63. The van der Waals surface area contributed by atoms with Crippen LogP contribution in [0.15, 0.2) is 24.3 Å². The summed E-state index contributed by atoms with van der Waals surface area (Å²) >= 11 is 0. The molecule has 0 heterocycles. The van der Waals surface area contributed by atoms with Gasteiger partial charge in [0.2, 0.25) is 0 Å². The van der Waals surface area contributed by atoms with Gasteiger partial charge in [0.1, 0.15) is 6.10 Å². The van der Waals surface area contributed by atoms with Gasteiger partial charge in [-0.2, -0.15) is 0 Å². The Labute approximate surface area is 145 Å². The zero-order chi connectivity index (χ0) is 18.0. The number of rotatable bonds is 4. The highest BCUT2D eigenvalue weighted by Crippen LogP contribution is 2.38. The zero-order valence-corrected chi connectivity index (χ0v) is 15.9. The highest BCUT2D eigenvalue weighted by atomic mass is 32.2.